The molecule has 0 atom stereocenters. The number of hydrogen-bond donors (Lipinski definition) is 1. The Bertz CT molecular complexity index is 613. The van der Waals surface area contributed by atoms with Crippen molar-refractivity contribution in [1.82, 2.24) is 14.9 Å². The predicted octanol–water partition coefficient (Wildman–Crippen LogP) is 2.44. The van der Waals surface area contributed by atoms with Gasteiger partial charge in [0.2, 0.25) is 0 Å². The van der Waals surface area contributed by atoms with E-state index in [-0.39, 0.29) is 5.56 Å². The van der Waals surface area contributed by atoms with Crippen LogP contribution < -0.4 is 5.32 Å². The van der Waals surface area contributed by atoms with Gasteiger partial charge in [0.15, 0.2) is 0 Å². The van der Waals surface area contributed by atoms with Crippen LogP contribution in [0.5, 0.6) is 0 Å². The molecule has 0 radical (unpaired) electrons. The van der Waals surface area contributed by atoms with E-state index in [9.17, 15) is 4.39 Å². The highest BCUT2D eigenvalue weighted by Gasteiger charge is 2.04. The van der Waals surface area contributed by atoms with Gasteiger partial charge in [-0.25, -0.2) is 9.37 Å². The molecule has 2 rings (SSSR count). The summed E-state index contributed by atoms with van der Waals surface area (Å²) in [5.41, 5.74) is 1.93. The maximum atomic E-state index is 13.2. The summed E-state index contributed by atoms with van der Waals surface area (Å²) >= 11 is 0. The third-order valence-electron chi connectivity index (χ3n) is 2.94. The van der Waals surface area contributed by atoms with E-state index in [1.165, 1.54) is 6.07 Å². The summed E-state index contributed by atoms with van der Waals surface area (Å²) in [5.74, 6) is -0.480. The highest BCUT2D eigenvalue weighted by molar-refractivity contribution is 5.34. The topological polar surface area (TPSA) is 53.6 Å². The van der Waals surface area contributed by atoms with Crippen LogP contribution in [0.25, 0.3) is 0 Å². The maximum absolute atomic E-state index is 13.2. The molecule has 0 aliphatic rings. The van der Waals surface area contributed by atoms with E-state index in [4.69, 9.17) is 5.26 Å². The molecule has 0 unspecified atom stereocenters. The monoisotopic (exact) mass is 272 g/mol. The molecular formula is C15H17FN4. The smallest absolute Gasteiger partial charge is 0.140 e. The molecule has 1 aromatic heterocycles. The largest absolute Gasteiger partial charge is 0.333 e. The molecule has 0 bridgehead atoms. The first kappa shape index (κ1) is 14.2. The highest BCUT2D eigenvalue weighted by Crippen LogP contribution is 2.11. The second-order valence-corrected chi connectivity index (χ2v) is 4.64. The van der Waals surface area contributed by atoms with Crippen LogP contribution in [0.1, 0.15) is 30.2 Å². The molecular weight excluding hydrogens is 255 g/mol. The zero-order valence-corrected chi connectivity index (χ0v) is 11.4. The summed E-state index contributed by atoms with van der Waals surface area (Å²) in [6.45, 7) is 4.41. The Hall–Kier alpha value is -2.19. The fourth-order valence-corrected chi connectivity index (χ4v) is 1.94. The molecule has 20 heavy (non-hydrogen) atoms. The summed E-state index contributed by atoms with van der Waals surface area (Å²) in [5, 5.41) is 12.1. The van der Waals surface area contributed by atoms with Gasteiger partial charge in [-0.05, 0) is 30.7 Å². The molecule has 0 amide bonds. The van der Waals surface area contributed by atoms with E-state index < -0.39 is 5.82 Å². The van der Waals surface area contributed by atoms with E-state index in [1.54, 1.807) is 18.5 Å². The number of imidazole rings is 1. The Morgan fingerprint density at radius 1 is 1.45 bits per heavy atom. The summed E-state index contributed by atoms with van der Waals surface area (Å²) in [6, 6.07) is 6.44. The van der Waals surface area contributed by atoms with Crippen molar-refractivity contribution >= 4 is 0 Å². The van der Waals surface area contributed by atoms with Crippen LogP contribution in [-0.2, 0) is 13.1 Å². The molecule has 0 saturated heterocycles. The van der Waals surface area contributed by atoms with Crippen molar-refractivity contribution in [2.75, 3.05) is 6.54 Å². The van der Waals surface area contributed by atoms with Crippen LogP contribution in [0.3, 0.4) is 0 Å². The molecule has 0 saturated carbocycles. The van der Waals surface area contributed by atoms with Crippen molar-refractivity contribution in [3.63, 3.8) is 0 Å². The van der Waals surface area contributed by atoms with Gasteiger partial charge in [0.1, 0.15) is 11.9 Å². The fraction of sp³-hybridized carbons (Fsp3) is 0.333. The first-order valence-electron chi connectivity index (χ1n) is 6.63. The lowest BCUT2D eigenvalue weighted by Gasteiger charge is -2.03. The maximum Gasteiger partial charge on any atom is 0.140 e. The van der Waals surface area contributed by atoms with Crippen molar-refractivity contribution in [2.24, 2.45) is 0 Å². The lowest BCUT2D eigenvalue weighted by atomic mass is 10.1. The molecule has 2 aromatic rings. The van der Waals surface area contributed by atoms with Gasteiger partial charge in [0, 0.05) is 19.3 Å². The third-order valence-corrected chi connectivity index (χ3v) is 2.94. The molecule has 5 heteroatoms. The number of rotatable bonds is 6. The van der Waals surface area contributed by atoms with E-state index in [2.05, 4.69) is 17.2 Å². The van der Waals surface area contributed by atoms with Gasteiger partial charge < -0.3 is 9.88 Å². The molecule has 4 nitrogen and oxygen atoms in total. The van der Waals surface area contributed by atoms with Crippen molar-refractivity contribution < 1.29 is 4.39 Å². The summed E-state index contributed by atoms with van der Waals surface area (Å²) in [6.07, 6.45) is 4.80. The number of aromatic nitrogens is 2. The van der Waals surface area contributed by atoms with Crippen molar-refractivity contribution in [1.29, 1.82) is 5.26 Å². The van der Waals surface area contributed by atoms with Crippen LogP contribution in [0.2, 0.25) is 0 Å². The first-order valence-corrected chi connectivity index (χ1v) is 6.63. The van der Waals surface area contributed by atoms with Crippen LogP contribution in [0.15, 0.2) is 30.7 Å². The minimum atomic E-state index is -0.480. The number of nitriles is 1. The van der Waals surface area contributed by atoms with Crippen LogP contribution in [-0.4, -0.2) is 16.1 Å². The number of nitrogens with one attached hydrogen (secondary N) is 1. The minimum Gasteiger partial charge on any atom is -0.333 e. The van der Waals surface area contributed by atoms with E-state index >= 15 is 0 Å². The Labute approximate surface area is 117 Å². The minimum absolute atomic E-state index is 0.0763. The zero-order chi connectivity index (χ0) is 14.4. The molecule has 0 fully saturated rings. The van der Waals surface area contributed by atoms with Gasteiger partial charge in [-0.1, -0.05) is 13.0 Å². The van der Waals surface area contributed by atoms with Crippen LogP contribution in [0, 0.1) is 17.1 Å². The average Bonchev–Trinajstić information content (AvgIpc) is 2.89. The summed E-state index contributed by atoms with van der Waals surface area (Å²) in [7, 11) is 0. The number of nitrogens with zero attached hydrogens (tertiary/aromatic N) is 3. The molecule has 0 aliphatic heterocycles. The second kappa shape index (κ2) is 6.83. The predicted molar refractivity (Wildman–Crippen MR) is 74.4 cm³/mol. The Balaban J connectivity index is 2.01. The van der Waals surface area contributed by atoms with Gasteiger partial charge in [0.05, 0.1) is 17.6 Å². The third kappa shape index (κ3) is 3.65. The van der Waals surface area contributed by atoms with E-state index in [1.807, 2.05) is 16.8 Å². The Morgan fingerprint density at radius 3 is 3.05 bits per heavy atom. The molecule has 104 valence electrons. The Kier molecular flexibility index (Phi) is 4.85. The lowest BCUT2D eigenvalue weighted by Crippen LogP contribution is -2.13. The quantitative estimate of drug-likeness (QED) is 0.822. The van der Waals surface area contributed by atoms with E-state index in [0.717, 1.165) is 30.8 Å². The molecule has 0 aliphatic carbocycles. The van der Waals surface area contributed by atoms with Crippen molar-refractivity contribution in [3.05, 3.63) is 53.4 Å². The standard InChI is InChI=1S/C15H17FN4/c1-2-5-18-8-14-10-20(11-19-14)9-12-3-4-15(16)13(6-12)7-17/h3-4,6,10-11,18H,2,5,8-9H2,1H3. The Morgan fingerprint density at radius 2 is 2.30 bits per heavy atom. The second-order valence-electron chi connectivity index (χ2n) is 4.64. The van der Waals surface area contributed by atoms with E-state index in [0.29, 0.717) is 6.54 Å². The lowest BCUT2D eigenvalue weighted by molar-refractivity contribution is 0.622. The van der Waals surface area contributed by atoms with Crippen molar-refractivity contribution in [2.45, 2.75) is 26.4 Å². The normalized spacial score (nSPS) is 10.4. The van der Waals surface area contributed by atoms with Crippen LogP contribution >= 0.6 is 0 Å². The SMILES string of the molecule is CCCNCc1cn(Cc2ccc(F)c(C#N)c2)cn1. The van der Waals surface area contributed by atoms with Gasteiger partial charge in [-0.3, -0.25) is 0 Å². The number of hydrogen-bond acceptors (Lipinski definition) is 3. The average molecular weight is 272 g/mol. The molecule has 0 spiro atoms. The number of benzene rings is 1. The van der Waals surface area contributed by atoms with Gasteiger partial charge in [0.25, 0.3) is 0 Å². The van der Waals surface area contributed by atoms with Gasteiger partial charge in [-0.15, -0.1) is 0 Å². The summed E-state index contributed by atoms with van der Waals surface area (Å²) in [4.78, 5) is 4.31. The van der Waals surface area contributed by atoms with Crippen molar-refractivity contribution in [3.8, 4) is 6.07 Å². The number of halogens is 1. The van der Waals surface area contributed by atoms with Gasteiger partial charge in [-0.2, -0.15) is 5.26 Å². The first-order chi connectivity index (χ1) is 9.72. The van der Waals surface area contributed by atoms with Gasteiger partial charge >= 0.3 is 0 Å². The molecule has 1 N–H and O–H groups in total. The van der Waals surface area contributed by atoms with Crippen LogP contribution in [0.4, 0.5) is 4.39 Å². The molecule has 1 aromatic carbocycles. The fourth-order valence-electron chi connectivity index (χ4n) is 1.94. The highest BCUT2D eigenvalue weighted by atomic mass is 19.1. The molecule has 1 heterocycles. The summed E-state index contributed by atoms with van der Waals surface area (Å²) < 4.78 is 15.2. The zero-order valence-electron chi connectivity index (χ0n) is 11.4.